The molecule has 0 heterocycles. The van der Waals surface area contributed by atoms with Crippen LogP contribution in [0.2, 0.25) is 0 Å². The van der Waals surface area contributed by atoms with Gasteiger partial charge < -0.3 is 10.2 Å². The molecule has 0 unspecified atom stereocenters. The summed E-state index contributed by atoms with van der Waals surface area (Å²) in [7, 11) is 0. The van der Waals surface area contributed by atoms with Crippen molar-refractivity contribution in [1.29, 1.82) is 0 Å². The van der Waals surface area contributed by atoms with Crippen molar-refractivity contribution in [3.8, 4) is 0 Å². The minimum absolute atomic E-state index is 0.764. The minimum Gasteiger partial charge on any atom is -0.385 e. The maximum absolute atomic E-state index is 10.4. The molecule has 1 aliphatic rings. The van der Waals surface area contributed by atoms with Crippen LogP contribution in [-0.2, 0) is 0 Å². The summed E-state index contributed by atoms with van der Waals surface area (Å²) in [6.07, 6.45) is 4.17. The number of aliphatic hydroxyl groups is 2. The van der Waals surface area contributed by atoms with E-state index >= 15 is 0 Å². The lowest BCUT2D eigenvalue weighted by Crippen LogP contribution is -2.34. The van der Waals surface area contributed by atoms with Crippen molar-refractivity contribution in [2.75, 3.05) is 0 Å². The van der Waals surface area contributed by atoms with E-state index in [1.165, 1.54) is 0 Å². The quantitative estimate of drug-likeness (QED) is 0.765. The summed E-state index contributed by atoms with van der Waals surface area (Å²) < 4.78 is 0. The van der Waals surface area contributed by atoms with Gasteiger partial charge in [-0.3, -0.25) is 0 Å². The van der Waals surface area contributed by atoms with Crippen LogP contribution in [0.5, 0.6) is 0 Å². The molecular formula is C14H18O2. The molecule has 0 aliphatic heterocycles. The molecule has 2 atom stereocenters. The molecule has 0 fully saturated rings. The van der Waals surface area contributed by atoms with Gasteiger partial charge in [-0.2, -0.15) is 0 Å². The SMILES string of the molecule is C[C@@](O)(C1=CCCC1)[C@@H](O)c1ccccc1. The zero-order valence-electron chi connectivity index (χ0n) is 9.56. The second-order valence-corrected chi connectivity index (χ2v) is 4.58. The van der Waals surface area contributed by atoms with E-state index in [1.54, 1.807) is 6.92 Å². The fraction of sp³-hybridized carbons (Fsp3) is 0.429. The average Bonchev–Trinajstić information content (AvgIpc) is 2.83. The summed E-state index contributed by atoms with van der Waals surface area (Å²) in [6, 6.07) is 9.33. The van der Waals surface area contributed by atoms with Crippen LogP contribution in [0.15, 0.2) is 42.0 Å². The second kappa shape index (κ2) is 4.40. The normalized spacial score (nSPS) is 21.3. The van der Waals surface area contributed by atoms with Crippen LogP contribution in [0.3, 0.4) is 0 Å². The van der Waals surface area contributed by atoms with Crippen molar-refractivity contribution in [1.82, 2.24) is 0 Å². The molecule has 1 aromatic rings. The van der Waals surface area contributed by atoms with E-state index < -0.39 is 11.7 Å². The summed E-state index contributed by atoms with van der Waals surface area (Å²) in [5.74, 6) is 0. The molecule has 0 spiro atoms. The maximum Gasteiger partial charge on any atom is 0.113 e. The molecule has 16 heavy (non-hydrogen) atoms. The van der Waals surface area contributed by atoms with E-state index in [4.69, 9.17) is 0 Å². The van der Waals surface area contributed by atoms with Gasteiger partial charge in [0.2, 0.25) is 0 Å². The molecule has 0 radical (unpaired) electrons. The third kappa shape index (κ3) is 2.04. The van der Waals surface area contributed by atoms with Crippen LogP contribution >= 0.6 is 0 Å². The monoisotopic (exact) mass is 218 g/mol. The Bertz CT molecular complexity index is 379. The van der Waals surface area contributed by atoms with Crippen LogP contribution in [-0.4, -0.2) is 15.8 Å². The number of hydrogen-bond acceptors (Lipinski definition) is 2. The van der Waals surface area contributed by atoms with Crippen LogP contribution in [0, 0.1) is 0 Å². The van der Waals surface area contributed by atoms with E-state index in [0.717, 1.165) is 30.4 Å². The van der Waals surface area contributed by atoms with Crippen LogP contribution in [0.1, 0.15) is 37.9 Å². The number of aliphatic hydroxyl groups excluding tert-OH is 1. The Kier molecular flexibility index (Phi) is 3.13. The zero-order chi connectivity index (χ0) is 11.6. The second-order valence-electron chi connectivity index (χ2n) is 4.58. The van der Waals surface area contributed by atoms with Gasteiger partial charge in [-0.15, -0.1) is 0 Å². The summed E-state index contributed by atoms with van der Waals surface area (Å²) in [4.78, 5) is 0. The summed E-state index contributed by atoms with van der Waals surface area (Å²) in [5.41, 5.74) is 0.585. The first-order valence-corrected chi connectivity index (χ1v) is 5.77. The number of benzene rings is 1. The standard InChI is InChI=1S/C14H18O2/c1-14(16,12-9-5-6-10-12)13(15)11-7-3-2-4-8-11/h2-4,7-9,13,15-16H,5-6,10H2,1H3/t13-,14+/m0/s1. The fourth-order valence-electron chi connectivity index (χ4n) is 2.27. The highest BCUT2D eigenvalue weighted by molar-refractivity contribution is 5.28. The first-order valence-electron chi connectivity index (χ1n) is 5.77. The molecule has 2 heteroatoms. The first-order chi connectivity index (χ1) is 7.62. The largest absolute Gasteiger partial charge is 0.385 e. The van der Waals surface area contributed by atoms with Crippen molar-refractivity contribution in [3.05, 3.63) is 47.5 Å². The Balaban J connectivity index is 2.23. The van der Waals surface area contributed by atoms with Gasteiger partial charge in [-0.1, -0.05) is 36.4 Å². The molecular weight excluding hydrogens is 200 g/mol. The smallest absolute Gasteiger partial charge is 0.113 e. The Morgan fingerprint density at radius 1 is 1.25 bits per heavy atom. The van der Waals surface area contributed by atoms with Crippen LogP contribution in [0.4, 0.5) is 0 Å². The van der Waals surface area contributed by atoms with E-state index in [1.807, 2.05) is 36.4 Å². The van der Waals surface area contributed by atoms with Crippen molar-refractivity contribution in [3.63, 3.8) is 0 Å². The van der Waals surface area contributed by atoms with Crippen molar-refractivity contribution >= 4 is 0 Å². The highest BCUT2D eigenvalue weighted by atomic mass is 16.3. The molecule has 2 rings (SSSR count). The van der Waals surface area contributed by atoms with Gasteiger partial charge in [0.15, 0.2) is 0 Å². The number of allylic oxidation sites excluding steroid dienone is 1. The lowest BCUT2D eigenvalue weighted by molar-refractivity contribution is -0.0376. The predicted octanol–water partition coefficient (Wildman–Crippen LogP) is 2.58. The minimum atomic E-state index is -1.14. The predicted molar refractivity (Wildman–Crippen MR) is 64.0 cm³/mol. The van der Waals surface area contributed by atoms with Gasteiger partial charge in [0.05, 0.1) is 0 Å². The van der Waals surface area contributed by atoms with Crippen LogP contribution < -0.4 is 0 Å². The molecule has 2 N–H and O–H groups in total. The summed E-state index contributed by atoms with van der Waals surface area (Å²) >= 11 is 0. The van der Waals surface area contributed by atoms with E-state index in [-0.39, 0.29) is 0 Å². The molecule has 0 aromatic heterocycles. The molecule has 1 aliphatic carbocycles. The molecule has 0 saturated heterocycles. The highest BCUT2D eigenvalue weighted by Crippen LogP contribution is 2.37. The Morgan fingerprint density at radius 2 is 1.94 bits per heavy atom. The third-order valence-corrected chi connectivity index (χ3v) is 3.34. The maximum atomic E-state index is 10.4. The number of rotatable bonds is 3. The Hall–Kier alpha value is -1.12. The topological polar surface area (TPSA) is 40.5 Å². The zero-order valence-corrected chi connectivity index (χ0v) is 9.56. The van der Waals surface area contributed by atoms with Crippen molar-refractivity contribution in [2.45, 2.75) is 37.9 Å². The van der Waals surface area contributed by atoms with Crippen molar-refractivity contribution < 1.29 is 10.2 Å². The highest BCUT2D eigenvalue weighted by Gasteiger charge is 2.35. The van der Waals surface area contributed by atoms with Crippen LogP contribution in [0.25, 0.3) is 0 Å². The third-order valence-electron chi connectivity index (χ3n) is 3.34. The molecule has 0 saturated carbocycles. The average molecular weight is 218 g/mol. The van der Waals surface area contributed by atoms with Crippen molar-refractivity contribution in [2.24, 2.45) is 0 Å². The lowest BCUT2D eigenvalue weighted by atomic mass is 9.85. The molecule has 0 bridgehead atoms. The lowest BCUT2D eigenvalue weighted by Gasteiger charge is -2.31. The Labute approximate surface area is 96.2 Å². The van der Waals surface area contributed by atoms with E-state index in [2.05, 4.69) is 0 Å². The number of hydrogen-bond donors (Lipinski definition) is 2. The van der Waals surface area contributed by atoms with E-state index in [9.17, 15) is 10.2 Å². The molecule has 2 nitrogen and oxygen atoms in total. The summed E-state index contributed by atoms with van der Waals surface area (Å²) in [5, 5.41) is 20.6. The van der Waals surface area contributed by atoms with E-state index in [0.29, 0.717) is 0 Å². The molecule has 0 amide bonds. The van der Waals surface area contributed by atoms with Gasteiger partial charge >= 0.3 is 0 Å². The van der Waals surface area contributed by atoms with Gasteiger partial charge in [-0.05, 0) is 37.3 Å². The molecule has 1 aromatic carbocycles. The van der Waals surface area contributed by atoms with Gasteiger partial charge in [0.1, 0.15) is 11.7 Å². The Morgan fingerprint density at radius 3 is 2.50 bits per heavy atom. The van der Waals surface area contributed by atoms with Gasteiger partial charge in [-0.25, -0.2) is 0 Å². The fourth-order valence-corrected chi connectivity index (χ4v) is 2.27. The summed E-state index contributed by atoms with van der Waals surface area (Å²) in [6.45, 7) is 1.70. The molecule has 86 valence electrons. The van der Waals surface area contributed by atoms with Gasteiger partial charge in [0, 0.05) is 0 Å². The first kappa shape index (κ1) is 11.4. The van der Waals surface area contributed by atoms with Gasteiger partial charge in [0.25, 0.3) is 0 Å².